The van der Waals surface area contributed by atoms with Crippen molar-refractivity contribution < 1.29 is 0 Å². The molecule has 2 aromatic carbocycles. The number of benzene rings is 2. The van der Waals surface area contributed by atoms with Gasteiger partial charge in [-0.05, 0) is 22.3 Å². The van der Waals surface area contributed by atoms with E-state index in [1.54, 1.807) is 0 Å². The summed E-state index contributed by atoms with van der Waals surface area (Å²) in [6.45, 7) is 3.97. The standard InChI is InChI=1S/C17H14N2S/c1-3-11-7-6-10-13-12-8-4-5-9-14(12)16-17(15(11)13)19(2)20-18-16/h3-10,17H,1H2,2H3. The number of fused-ring (bicyclic) bond motifs is 6. The lowest BCUT2D eigenvalue weighted by Crippen LogP contribution is -2.26. The maximum absolute atomic E-state index is 4.68. The van der Waals surface area contributed by atoms with Crippen LogP contribution in [0.4, 0.5) is 0 Å². The van der Waals surface area contributed by atoms with Crippen molar-refractivity contribution in [3.05, 3.63) is 65.7 Å². The van der Waals surface area contributed by atoms with Gasteiger partial charge in [-0.2, -0.15) is 0 Å². The zero-order valence-corrected chi connectivity index (χ0v) is 12.0. The zero-order chi connectivity index (χ0) is 13.7. The van der Waals surface area contributed by atoms with Crippen LogP contribution in [0.15, 0.2) is 53.4 Å². The maximum Gasteiger partial charge on any atom is 0.0912 e. The van der Waals surface area contributed by atoms with Crippen molar-refractivity contribution in [2.45, 2.75) is 6.04 Å². The Balaban J connectivity index is 2.11. The molecule has 1 aliphatic carbocycles. The molecule has 0 saturated carbocycles. The topological polar surface area (TPSA) is 15.6 Å². The van der Waals surface area contributed by atoms with Gasteiger partial charge in [-0.3, -0.25) is 0 Å². The number of rotatable bonds is 1. The Kier molecular flexibility index (Phi) is 2.59. The molecule has 4 rings (SSSR count). The van der Waals surface area contributed by atoms with Crippen LogP contribution in [0.25, 0.3) is 17.2 Å². The van der Waals surface area contributed by atoms with Gasteiger partial charge in [0.2, 0.25) is 0 Å². The van der Waals surface area contributed by atoms with Crippen LogP contribution in [0, 0.1) is 0 Å². The van der Waals surface area contributed by atoms with E-state index < -0.39 is 0 Å². The lowest BCUT2D eigenvalue weighted by Gasteiger charge is -2.30. The molecule has 20 heavy (non-hydrogen) atoms. The monoisotopic (exact) mass is 278 g/mol. The minimum absolute atomic E-state index is 0.221. The number of nitrogens with zero attached hydrogens (tertiary/aromatic N) is 2. The van der Waals surface area contributed by atoms with E-state index in [0.717, 1.165) is 5.71 Å². The highest BCUT2D eigenvalue weighted by molar-refractivity contribution is 7.96. The van der Waals surface area contributed by atoms with Crippen molar-refractivity contribution >= 4 is 23.9 Å². The third kappa shape index (κ3) is 1.48. The fraction of sp³-hybridized carbons (Fsp3) is 0.118. The minimum atomic E-state index is 0.221. The largest absolute Gasteiger partial charge is 0.220 e. The Hall–Kier alpha value is -1.84. The summed E-state index contributed by atoms with van der Waals surface area (Å²) in [6, 6.07) is 15.2. The molecule has 1 heterocycles. The van der Waals surface area contributed by atoms with Crippen LogP contribution in [0.1, 0.15) is 22.7 Å². The quantitative estimate of drug-likeness (QED) is 0.721. The van der Waals surface area contributed by atoms with Crippen LogP contribution in [0.5, 0.6) is 0 Å². The summed E-state index contributed by atoms with van der Waals surface area (Å²) in [5.74, 6) is 0. The maximum atomic E-state index is 4.68. The Morgan fingerprint density at radius 1 is 1.10 bits per heavy atom. The number of hydrogen-bond donors (Lipinski definition) is 0. The average Bonchev–Trinajstić information content (AvgIpc) is 2.89. The van der Waals surface area contributed by atoms with Crippen molar-refractivity contribution in [3.8, 4) is 11.1 Å². The zero-order valence-electron chi connectivity index (χ0n) is 11.2. The highest BCUT2D eigenvalue weighted by atomic mass is 32.2. The van der Waals surface area contributed by atoms with Gasteiger partial charge in [0.05, 0.1) is 23.9 Å². The molecule has 2 aromatic rings. The van der Waals surface area contributed by atoms with E-state index in [4.69, 9.17) is 0 Å². The fourth-order valence-electron chi connectivity index (χ4n) is 3.14. The molecule has 0 radical (unpaired) electrons. The second kappa shape index (κ2) is 4.33. The molecule has 0 saturated heterocycles. The normalized spacial score (nSPS) is 19.9. The van der Waals surface area contributed by atoms with Gasteiger partial charge < -0.3 is 0 Å². The molecule has 2 aliphatic rings. The summed E-state index contributed by atoms with van der Waals surface area (Å²) in [5, 5.41) is 0. The van der Waals surface area contributed by atoms with Crippen LogP contribution < -0.4 is 0 Å². The van der Waals surface area contributed by atoms with Crippen LogP contribution in [0.2, 0.25) is 0 Å². The Morgan fingerprint density at radius 2 is 1.85 bits per heavy atom. The van der Waals surface area contributed by atoms with Crippen LogP contribution in [-0.4, -0.2) is 17.1 Å². The van der Waals surface area contributed by atoms with E-state index in [-0.39, 0.29) is 6.04 Å². The lowest BCUT2D eigenvalue weighted by molar-refractivity contribution is 0.531. The Bertz CT molecular complexity index is 748. The van der Waals surface area contributed by atoms with Crippen LogP contribution in [-0.2, 0) is 0 Å². The molecule has 0 spiro atoms. The number of hydrogen-bond acceptors (Lipinski definition) is 3. The minimum Gasteiger partial charge on any atom is -0.220 e. The van der Waals surface area contributed by atoms with Gasteiger partial charge in [-0.25, -0.2) is 8.70 Å². The molecular formula is C17H14N2S. The third-order valence-corrected chi connectivity index (χ3v) is 4.76. The van der Waals surface area contributed by atoms with Gasteiger partial charge in [0, 0.05) is 12.6 Å². The molecule has 0 fully saturated rings. The molecule has 2 nitrogen and oxygen atoms in total. The first kappa shape index (κ1) is 11.9. The molecule has 0 aromatic heterocycles. The molecule has 3 heteroatoms. The second-order valence-electron chi connectivity index (χ2n) is 5.07. The predicted octanol–water partition coefficient (Wildman–Crippen LogP) is 4.35. The summed E-state index contributed by atoms with van der Waals surface area (Å²) in [7, 11) is 2.10. The van der Waals surface area contributed by atoms with Crippen LogP contribution >= 0.6 is 12.1 Å². The first-order valence-electron chi connectivity index (χ1n) is 6.64. The predicted molar refractivity (Wildman–Crippen MR) is 86.6 cm³/mol. The highest BCUT2D eigenvalue weighted by Crippen LogP contribution is 2.48. The number of likely N-dealkylation sites (N-methyl/N-ethyl adjacent to an activating group) is 1. The highest BCUT2D eigenvalue weighted by Gasteiger charge is 2.38. The van der Waals surface area contributed by atoms with E-state index >= 15 is 0 Å². The van der Waals surface area contributed by atoms with E-state index in [1.807, 2.05) is 6.08 Å². The van der Waals surface area contributed by atoms with Gasteiger partial charge in [0.1, 0.15) is 0 Å². The molecule has 0 N–H and O–H groups in total. The summed E-state index contributed by atoms with van der Waals surface area (Å²) < 4.78 is 6.90. The summed E-state index contributed by atoms with van der Waals surface area (Å²) in [4.78, 5) is 0. The first-order chi connectivity index (χ1) is 9.81. The second-order valence-corrected chi connectivity index (χ2v) is 5.99. The van der Waals surface area contributed by atoms with Gasteiger partial charge >= 0.3 is 0 Å². The average molecular weight is 278 g/mol. The lowest BCUT2D eigenvalue weighted by atomic mass is 9.79. The van der Waals surface area contributed by atoms with Crippen molar-refractivity contribution in [2.24, 2.45) is 4.40 Å². The SMILES string of the molecule is C=Cc1cccc2c1C1C(=NSN1C)c1ccccc1-2. The van der Waals surface area contributed by atoms with Gasteiger partial charge in [-0.1, -0.05) is 55.1 Å². The molecule has 0 amide bonds. The summed E-state index contributed by atoms with van der Waals surface area (Å²) in [6.07, 6.45) is 1.95. The molecule has 1 unspecified atom stereocenters. The molecular weight excluding hydrogens is 264 g/mol. The summed E-state index contributed by atoms with van der Waals surface area (Å²) >= 11 is 1.54. The molecule has 98 valence electrons. The van der Waals surface area contributed by atoms with Crippen molar-refractivity contribution in [2.75, 3.05) is 7.05 Å². The van der Waals surface area contributed by atoms with Crippen LogP contribution in [0.3, 0.4) is 0 Å². The van der Waals surface area contributed by atoms with E-state index in [1.165, 1.54) is 40.0 Å². The Morgan fingerprint density at radius 3 is 2.65 bits per heavy atom. The fourth-order valence-corrected chi connectivity index (χ4v) is 3.85. The van der Waals surface area contributed by atoms with Gasteiger partial charge in [-0.15, -0.1) is 0 Å². The smallest absolute Gasteiger partial charge is 0.0912 e. The van der Waals surface area contributed by atoms with Crippen molar-refractivity contribution in [1.82, 2.24) is 4.31 Å². The molecule has 1 aliphatic heterocycles. The first-order valence-corrected chi connectivity index (χ1v) is 7.37. The van der Waals surface area contributed by atoms with E-state index in [0.29, 0.717) is 0 Å². The third-order valence-electron chi connectivity index (χ3n) is 4.02. The van der Waals surface area contributed by atoms with Crippen molar-refractivity contribution in [1.29, 1.82) is 0 Å². The summed E-state index contributed by atoms with van der Waals surface area (Å²) in [5.41, 5.74) is 7.52. The van der Waals surface area contributed by atoms with Gasteiger partial charge in [0.25, 0.3) is 0 Å². The molecule has 1 atom stereocenters. The van der Waals surface area contributed by atoms with E-state index in [9.17, 15) is 0 Å². The molecule has 0 bridgehead atoms. The van der Waals surface area contributed by atoms with Crippen molar-refractivity contribution in [3.63, 3.8) is 0 Å². The van der Waals surface area contributed by atoms with Gasteiger partial charge in [0.15, 0.2) is 0 Å². The van der Waals surface area contributed by atoms with E-state index in [2.05, 4.69) is 64.8 Å². The Labute approximate surface area is 123 Å².